The molecular weight excluding hydrogens is 528 g/mol. The summed E-state index contributed by atoms with van der Waals surface area (Å²) in [6.45, 7) is 11.4. The molecule has 1 saturated heterocycles. The zero-order valence-corrected chi connectivity index (χ0v) is 25.9. The Morgan fingerprint density at radius 3 is 2.64 bits per heavy atom. The molecule has 2 aliphatic heterocycles. The van der Waals surface area contributed by atoms with E-state index in [2.05, 4.69) is 51.5 Å². The molecule has 0 N–H and O–H groups in total. The smallest absolute Gasteiger partial charge is 0.308 e. The molecule has 2 fully saturated rings. The van der Waals surface area contributed by atoms with Gasteiger partial charge in [0.1, 0.15) is 11.9 Å². The van der Waals surface area contributed by atoms with E-state index in [1.165, 1.54) is 12.5 Å². The minimum atomic E-state index is -0.348. The van der Waals surface area contributed by atoms with Gasteiger partial charge in [-0.3, -0.25) is 9.59 Å². The van der Waals surface area contributed by atoms with Crippen molar-refractivity contribution in [3.05, 3.63) is 52.1 Å². The van der Waals surface area contributed by atoms with Gasteiger partial charge in [-0.15, -0.1) is 0 Å². The first kappa shape index (κ1) is 28.6. The van der Waals surface area contributed by atoms with E-state index in [9.17, 15) is 9.59 Å². The maximum absolute atomic E-state index is 14.0. The summed E-state index contributed by atoms with van der Waals surface area (Å²) in [6.07, 6.45) is 3.33. The van der Waals surface area contributed by atoms with Gasteiger partial charge in [0.25, 0.3) is 5.91 Å². The number of benzene rings is 2. The summed E-state index contributed by atoms with van der Waals surface area (Å²) < 4.78 is 18.6. The van der Waals surface area contributed by atoms with E-state index in [1.807, 2.05) is 23.1 Å². The molecule has 2 aliphatic carbocycles. The zero-order chi connectivity index (χ0) is 29.9. The molecule has 7 heteroatoms. The van der Waals surface area contributed by atoms with Crippen molar-refractivity contribution in [2.75, 3.05) is 27.2 Å². The summed E-state index contributed by atoms with van der Waals surface area (Å²) in [5, 5.41) is 0. The number of likely N-dealkylation sites (tertiary alicyclic amines) is 1. The maximum atomic E-state index is 14.0. The largest absolute Gasteiger partial charge is 0.493 e. The number of hydrogen-bond donors (Lipinski definition) is 0. The van der Waals surface area contributed by atoms with Gasteiger partial charge in [0.2, 0.25) is 0 Å². The van der Waals surface area contributed by atoms with Crippen LogP contribution >= 0.6 is 0 Å². The molecule has 1 saturated carbocycles. The molecule has 0 aromatic heterocycles. The summed E-state index contributed by atoms with van der Waals surface area (Å²) in [4.78, 5) is 30.5. The van der Waals surface area contributed by atoms with Crippen LogP contribution in [0.3, 0.4) is 0 Å². The number of rotatable bonds is 5. The van der Waals surface area contributed by atoms with Crippen LogP contribution in [0, 0.1) is 37.5 Å². The normalized spacial score (nSPS) is 27.0. The van der Waals surface area contributed by atoms with Crippen LogP contribution in [0.15, 0.2) is 24.3 Å². The molecule has 0 unspecified atom stereocenters. The Kier molecular flexibility index (Phi) is 7.25. The lowest BCUT2D eigenvalue weighted by molar-refractivity contribution is -0.137. The van der Waals surface area contributed by atoms with Gasteiger partial charge in [0, 0.05) is 53.6 Å². The van der Waals surface area contributed by atoms with Crippen LogP contribution < -0.4 is 14.2 Å². The second-order valence-corrected chi connectivity index (χ2v) is 13.1. The van der Waals surface area contributed by atoms with E-state index in [0.717, 1.165) is 60.2 Å². The van der Waals surface area contributed by atoms with Crippen LogP contribution in [-0.2, 0) is 21.4 Å². The van der Waals surface area contributed by atoms with Crippen molar-refractivity contribution < 1.29 is 23.8 Å². The lowest BCUT2D eigenvalue weighted by atomic mass is 9.51. The van der Waals surface area contributed by atoms with Crippen LogP contribution in [0.5, 0.6) is 17.2 Å². The number of esters is 1. The van der Waals surface area contributed by atoms with Gasteiger partial charge < -0.3 is 24.0 Å². The number of piperidine rings is 1. The molecule has 2 aromatic rings. The maximum Gasteiger partial charge on any atom is 0.308 e. The Morgan fingerprint density at radius 1 is 1.17 bits per heavy atom. The van der Waals surface area contributed by atoms with E-state index in [4.69, 9.17) is 14.2 Å². The molecule has 1 spiro atoms. The standard InChI is InChI=1S/C35H42N2O5/c1-20(2)19-37(31(39)13-10-24-9-8-21(3)22(4)16-24)27-12-11-26-28-17-25-29(41-23(5)38)18-30(40-7)33-32(25)35(26,34(27)42-33)14-15-36(28)6/h8-9,16,18,20,26-28,34H,11-12,14-15,17,19H2,1-7H3/t26-,27-,28+,34-,35-/m0/s1. The first-order valence-corrected chi connectivity index (χ1v) is 15.2. The quantitative estimate of drug-likeness (QED) is 0.292. The summed E-state index contributed by atoms with van der Waals surface area (Å²) in [5.74, 6) is 8.18. The number of amides is 1. The van der Waals surface area contributed by atoms with E-state index in [-0.39, 0.29) is 35.4 Å². The summed E-state index contributed by atoms with van der Waals surface area (Å²) in [5.41, 5.74) is 5.12. The fraction of sp³-hybridized carbons (Fsp3) is 0.543. The van der Waals surface area contributed by atoms with E-state index >= 15 is 0 Å². The summed E-state index contributed by atoms with van der Waals surface area (Å²) >= 11 is 0. The van der Waals surface area contributed by atoms with Gasteiger partial charge in [0.15, 0.2) is 11.5 Å². The monoisotopic (exact) mass is 570 g/mol. The molecule has 2 heterocycles. The third kappa shape index (κ3) is 4.46. The number of likely N-dealkylation sites (N-methyl/N-ethyl adjacent to an activating group) is 1. The fourth-order valence-electron chi connectivity index (χ4n) is 8.24. The Labute approximate surface area is 249 Å². The fourth-order valence-corrected chi connectivity index (χ4v) is 8.24. The van der Waals surface area contributed by atoms with E-state index in [1.54, 1.807) is 13.2 Å². The van der Waals surface area contributed by atoms with Crippen LogP contribution in [0.25, 0.3) is 0 Å². The number of nitrogens with zero attached hydrogens (tertiary/aromatic N) is 2. The Morgan fingerprint density at radius 2 is 1.95 bits per heavy atom. The summed E-state index contributed by atoms with van der Waals surface area (Å²) in [7, 11) is 3.83. The predicted molar refractivity (Wildman–Crippen MR) is 161 cm³/mol. The molecule has 222 valence electrons. The molecule has 42 heavy (non-hydrogen) atoms. The van der Waals surface area contributed by atoms with Crippen molar-refractivity contribution in [3.8, 4) is 29.1 Å². The van der Waals surface area contributed by atoms with Gasteiger partial charge in [-0.25, -0.2) is 0 Å². The number of aryl methyl sites for hydroxylation is 2. The molecule has 4 aliphatic rings. The number of carbonyl (C=O) groups excluding carboxylic acids is 2. The first-order valence-electron chi connectivity index (χ1n) is 15.2. The number of methoxy groups -OCH3 is 1. The third-order valence-electron chi connectivity index (χ3n) is 10.2. The molecule has 1 amide bonds. The highest BCUT2D eigenvalue weighted by molar-refractivity contribution is 5.94. The van der Waals surface area contributed by atoms with Crippen molar-refractivity contribution in [2.45, 2.75) is 83.9 Å². The van der Waals surface area contributed by atoms with Crippen molar-refractivity contribution in [1.82, 2.24) is 9.80 Å². The van der Waals surface area contributed by atoms with Gasteiger partial charge in [-0.2, -0.15) is 0 Å². The Bertz CT molecular complexity index is 1500. The zero-order valence-electron chi connectivity index (χ0n) is 25.9. The molecule has 6 rings (SSSR count). The van der Waals surface area contributed by atoms with Crippen LogP contribution in [-0.4, -0.2) is 67.1 Å². The van der Waals surface area contributed by atoms with Crippen molar-refractivity contribution in [2.24, 2.45) is 11.8 Å². The van der Waals surface area contributed by atoms with Gasteiger partial charge in [-0.05, 0) is 88.2 Å². The second-order valence-electron chi connectivity index (χ2n) is 13.1. The van der Waals surface area contributed by atoms with Gasteiger partial charge in [0.05, 0.1) is 13.2 Å². The molecule has 2 bridgehead atoms. The first-order chi connectivity index (χ1) is 20.0. The van der Waals surface area contributed by atoms with Crippen molar-refractivity contribution in [3.63, 3.8) is 0 Å². The minimum absolute atomic E-state index is 0.130. The molecule has 7 nitrogen and oxygen atoms in total. The van der Waals surface area contributed by atoms with Gasteiger partial charge in [-0.1, -0.05) is 25.8 Å². The van der Waals surface area contributed by atoms with E-state index in [0.29, 0.717) is 30.0 Å². The Balaban J connectivity index is 1.44. The average molecular weight is 571 g/mol. The number of ether oxygens (including phenoxy) is 3. The molecule has 2 aromatic carbocycles. The average Bonchev–Trinajstić information content (AvgIpc) is 3.29. The van der Waals surface area contributed by atoms with E-state index < -0.39 is 0 Å². The topological polar surface area (TPSA) is 68.3 Å². The van der Waals surface area contributed by atoms with Crippen molar-refractivity contribution >= 4 is 11.9 Å². The van der Waals surface area contributed by atoms with Crippen LogP contribution in [0.1, 0.15) is 67.9 Å². The number of hydrogen-bond acceptors (Lipinski definition) is 6. The summed E-state index contributed by atoms with van der Waals surface area (Å²) in [6, 6.07) is 8.05. The molecule has 0 radical (unpaired) electrons. The van der Waals surface area contributed by atoms with Gasteiger partial charge >= 0.3 is 5.97 Å². The minimum Gasteiger partial charge on any atom is -0.493 e. The van der Waals surface area contributed by atoms with Crippen LogP contribution in [0.4, 0.5) is 0 Å². The molecule has 5 atom stereocenters. The third-order valence-corrected chi connectivity index (χ3v) is 10.2. The van der Waals surface area contributed by atoms with Crippen molar-refractivity contribution in [1.29, 1.82) is 0 Å². The highest BCUT2D eigenvalue weighted by atomic mass is 16.5. The highest BCUT2D eigenvalue weighted by Gasteiger charge is 2.67. The predicted octanol–water partition coefficient (Wildman–Crippen LogP) is 4.81. The van der Waals surface area contributed by atoms with Crippen LogP contribution in [0.2, 0.25) is 0 Å². The lowest BCUT2D eigenvalue weighted by Gasteiger charge is -2.60. The number of carbonyl (C=O) groups is 2. The lowest BCUT2D eigenvalue weighted by Crippen LogP contribution is -2.68. The second kappa shape index (κ2) is 10.6. The molecular formula is C35H42N2O5. The highest BCUT2D eigenvalue weighted by Crippen LogP contribution is 2.65. The Hall–Kier alpha value is -3.50. The SMILES string of the molecule is COc1cc(OC(C)=O)c2c3c1O[C@H]1[C@@H](N(CC(C)C)C(=O)C#Cc4ccc(C)c(C)c4)CC[C@H]4[C@@H](C2)N(C)CC[C@@]341.